The lowest BCUT2D eigenvalue weighted by molar-refractivity contribution is -0.143. The average molecular weight is 538 g/mol. The van der Waals surface area contributed by atoms with E-state index in [9.17, 15) is 24.3 Å². The second kappa shape index (κ2) is 16.2. The molecular weight excluding hydrogens is 494 g/mol. The van der Waals surface area contributed by atoms with Crippen molar-refractivity contribution in [2.24, 2.45) is 34.0 Å². The Morgan fingerprint density at radius 3 is 2.24 bits per heavy atom. The van der Waals surface area contributed by atoms with Gasteiger partial charge in [-0.15, -0.1) is 0 Å². The van der Waals surface area contributed by atoms with E-state index in [0.717, 1.165) is 0 Å². The number of carboxylic acid groups (broad SMARTS) is 1. The molecule has 0 saturated heterocycles. The number of aromatic nitrogens is 2. The number of nitrogens with zero attached hydrogens (tertiary/aromatic N) is 2. The van der Waals surface area contributed by atoms with E-state index in [4.69, 9.17) is 17.2 Å². The zero-order valence-electron chi connectivity index (χ0n) is 22.6. The number of aliphatic imine (C=N–C) groups is 1. The van der Waals surface area contributed by atoms with Gasteiger partial charge in [-0.25, -0.2) is 9.78 Å². The number of nitrogens with two attached hydrogens (primary N) is 3. The van der Waals surface area contributed by atoms with Gasteiger partial charge in [-0.2, -0.15) is 0 Å². The van der Waals surface area contributed by atoms with Gasteiger partial charge in [-0.1, -0.05) is 34.1 Å². The number of carbonyl (C=O) groups is 4. The molecule has 0 fully saturated rings. The predicted molar refractivity (Wildman–Crippen MR) is 143 cm³/mol. The third-order valence-electron chi connectivity index (χ3n) is 6.02. The SMILES string of the molecule is CCC(C)C(NC(=O)C(CC(C)C)NC(=O)C(N)Cc1cnc[nH]1)C(=O)NC(CCCN=C(N)N)C(=O)O. The Balaban J connectivity index is 2.94. The van der Waals surface area contributed by atoms with Gasteiger partial charge in [-0.3, -0.25) is 19.4 Å². The van der Waals surface area contributed by atoms with Gasteiger partial charge in [0.1, 0.15) is 18.1 Å². The summed E-state index contributed by atoms with van der Waals surface area (Å²) in [5.74, 6) is -3.29. The van der Waals surface area contributed by atoms with Gasteiger partial charge in [0, 0.05) is 24.9 Å². The summed E-state index contributed by atoms with van der Waals surface area (Å²) in [6.07, 6.45) is 4.53. The number of aliphatic carboxylic acids is 1. The lowest BCUT2D eigenvalue weighted by atomic mass is 9.96. The molecule has 0 aliphatic carbocycles. The van der Waals surface area contributed by atoms with Gasteiger partial charge in [0.05, 0.1) is 12.4 Å². The standard InChI is InChI=1S/C24H43N9O5/c1-5-14(4)19(22(36)31-17(23(37)38)7-6-8-29-24(26)27)33-21(35)18(9-13(2)3)32-20(34)16(25)10-15-11-28-12-30-15/h11-14,16-19H,5-10,25H2,1-4H3,(H,28,30)(H,31,36)(H,32,34)(H,33,35)(H,37,38)(H4,26,27,29). The Morgan fingerprint density at radius 1 is 1.05 bits per heavy atom. The number of hydrogen-bond acceptors (Lipinski definition) is 7. The molecular formula is C24H43N9O5. The topological polar surface area (TPSA) is 244 Å². The van der Waals surface area contributed by atoms with E-state index in [-0.39, 0.29) is 37.2 Å². The molecule has 5 atom stereocenters. The van der Waals surface area contributed by atoms with Crippen molar-refractivity contribution in [2.45, 2.75) is 84.0 Å². The third-order valence-corrected chi connectivity index (χ3v) is 6.02. The smallest absolute Gasteiger partial charge is 0.326 e. The number of guanidine groups is 1. The molecule has 214 valence electrons. The number of carboxylic acids is 1. The van der Waals surface area contributed by atoms with Crippen LogP contribution in [-0.4, -0.2) is 75.4 Å². The van der Waals surface area contributed by atoms with Crippen molar-refractivity contribution in [3.05, 3.63) is 18.2 Å². The highest BCUT2D eigenvalue weighted by atomic mass is 16.4. The summed E-state index contributed by atoms with van der Waals surface area (Å²) in [7, 11) is 0. The fourth-order valence-electron chi connectivity index (χ4n) is 3.69. The molecule has 1 heterocycles. The Morgan fingerprint density at radius 2 is 1.71 bits per heavy atom. The minimum atomic E-state index is -1.21. The molecule has 3 amide bonds. The second-order valence-electron chi connectivity index (χ2n) is 9.80. The van der Waals surface area contributed by atoms with Crippen LogP contribution in [0.25, 0.3) is 0 Å². The summed E-state index contributed by atoms with van der Waals surface area (Å²) in [6.45, 7) is 7.63. The molecule has 0 aromatic carbocycles. The summed E-state index contributed by atoms with van der Waals surface area (Å²) >= 11 is 0. The minimum absolute atomic E-state index is 0.0485. The van der Waals surface area contributed by atoms with E-state index < -0.39 is 47.9 Å². The van der Waals surface area contributed by atoms with Crippen LogP contribution in [0, 0.1) is 11.8 Å². The van der Waals surface area contributed by atoms with Crippen LogP contribution in [0.1, 0.15) is 59.1 Å². The van der Waals surface area contributed by atoms with Crippen molar-refractivity contribution in [2.75, 3.05) is 6.54 Å². The number of carbonyl (C=O) groups excluding carboxylic acids is 3. The van der Waals surface area contributed by atoms with Gasteiger partial charge < -0.3 is 43.2 Å². The molecule has 0 saturated carbocycles. The van der Waals surface area contributed by atoms with Gasteiger partial charge in [0.25, 0.3) is 0 Å². The molecule has 11 N–H and O–H groups in total. The zero-order chi connectivity index (χ0) is 28.8. The summed E-state index contributed by atoms with van der Waals surface area (Å²) in [6, 6.07) is -4.06. The Labute approximate surface area is 223 Å². The molecule has 14 nitrogen and oxygen atoms in total. The molecule has 1 rings (SSSR count). The predicted octanol–water partition coefficient (Wildman–Crippen LogP) is -1.04. The van der Waals surface area contributed by atoms with E-state index in [1.807, 2.05) is 20.8 Å². The number of amides is 3. The van der Waals surface area contributed by atoms with Crippen molar-refractivity contribution in [1.29, 1.82) is 0 Å². The lowest BCUT2D eigenvalue weighted by Gasteiger charge is -2.28. The van der Waals surface area contributed by atoms with Gasteiger partial charge in [0.2, 0.25) is 17.7 Å². The maximum Gasteiger partial charge on any atom is 0.326 e. The molecule has 5 unspecified atom stereocenters. The van der Waals surface area contributed by atoms with Crippen molar-refractivity contribution in [3.63, 3.8) is 0 Å². The van der Waals surface area contributed by atoms with Gasteiger partial charge in [-0.05, 0) is 31.1 Å². The largest absolute Gasteiger partial charge is 0.480 e. The molecule has 38 heavy (non-hydrogen) atoms. The van der Waals surface area contributed by atoms with Crippen LogP contribution in [0.2, 0.25) is 0 Å². The fourth-order valence-corrected chi connectivity index (χ4v) is 3.69. The number of hydrogen-bond donors (Lipinski definition) is 8. The highest BCUT2D eigenvalue weighted by Crippen LogP contribution is 2.12. The number of imidazole rings is 1. The molecule has 0 spiro atoms. The number of H-pyrrole nitrogens is 1. The molecule has 0 bridgehead atoms. The van der Waals surface area contributed by atoms with Crippen LogP contribution < -0.4 is 33.2 Å². The van der Waals surface area contributed by atoms with Crippen LogP contribution >= 0.6 is 0 Å². The van der Waals surface area contributed by atoms with E-state index in [0.29, 0.717) is 25.0 Å². The van der Waals surface area contributed by atoms with E-state index in [1.54, 1.807) is 13.1 Å². The van der Waals surface area contributed by atoms with Gasteiger partial charge in [0.15, 0.2) is 5.96 Å². The number of nitrogens with one attached hydrogen (secondary N) is 4. The third kappa shape index (κ3) is 11.6. The van der Waals surface area contributed by atoms with Gasteiger partial charge >= 0.3 is 5.97 Å². The first-order chi connectivity index (χ1) is 17.8. The van der Waals surface area contributed by atoms with E-state index in [2.05, 4.69) is 30.9 Å². The minimum Gasteiger partial charge on any atom is -0.480 e. The van der Waals surface area contributed by atoms with Crippen LogP contribution in [0.3, 0.4) is 0 Å². The summed E-state index contributed by atoms with van der Waals surface area (Å²) in [5.41, 5.74) is 17.3. The molecule has 1 aromatic heterocycles. The molecule has 1 aromatic rings. The normalized spacial score (nSPS) is 15.0. The first-order valence-corrected chi connectivity index (χ1v) is 12.8. The average Bonchev–Trinajstić information content (AvgIpc) is 3.35. The van der Waals surface area contributed by atoms with Crippen molar-refractivity contribution in [3.8, 4) is 0 Å². The Kier molecular flexibility index (Phi) is 13.8. The quantitative estimate of drug-likeness (QED) is 0.0686. The summed E-state index contributed by atoms with van der Waals surface area (Å²) < 4.78 is 0. The fraction of sp³-hybridized carbons (Fsp3) is 0.667. The van der Waals surface area contributed by atoms with Crippen molar-refractivity contribution < 1.29 is 24.3 Å². The first-order valence-electron chi connectivity index (χ1n) is 12.8. The number of aromatic amines is 1. The first kappa shape index (κ1) is 32.3. The van der Waals surface area contributed by atoms with Crippen LogP contribution in [0.5, 0.6) is 0 Å². The van der Waals surface area contributed by atoms with E-state index >= 15 is 0 Å². The Bertz CT molecular complexity index is 932. The van der Waals surface area contributed by atoms with Crippen molar-refractivity contribution in [1.82, 2.24) is 25.9 Å². The van der Waals surface area contributed by atoms with Crippen LogP contribution in [-0.2, 0) is 25.6 Å². The molecule has 0 aliphatic rings. The maximum absolute atomic E-state index is 13.3. The van der Waals surface area contributed by atoms with E-state index in [1.165, 1.54) is 6.33 Å². The summed E-state index contributed by atoms with van der Waals surface area (Å²) in [4.78, 5) is 61.4. The maximum atomic E-state index is 13.3. The van der Waals surface area contributed by atoms with Crippen LogP contribution in [0.15, 0.2) is 17.5 Å². The highest BCUT2D eigenvalue weighted by molar-refractivity contribution is 5.94. The summed E-state index contributed by atoms with van der Waals surface area (Å²) in [5, 5.41) is 17.5. The lowest BCUT2D eigenvalue weighted by Crippen LogP contribution is -2.59. The monoisotopic (exact) mass is 537 g/mol. The zero-order valence-corrected chi connectivity index (χ0v) is 22.6. The Hall–Kier alpha value is -3.68. The molecule has 0 aliphatic heterocycles. The van der Waals surface area contributed by atoms with Crippen molar-refractivity contribution >= 4 is 29.7 Å². The number of rotatable bonds is 17. The molecule has 0 radical (unpaired) electrons. The highest BCUT2D eigenvalue weighted by Gasteiger charge is 2.33. The second-order valence-corrected chi connectivity index (χ2v) is 9.80. The van der Waals surface area contributed by atoms with Crippen LogP contribution in [0.4, 0.5) is 0 Å². The molecule has 14 heteroatoms.